The Balaban J connectivity index is 1.80. The average Bonchev–Trinajstić information content (AvgIpc) is 2.52. The van der Waals surface area contributed by atoms with Crippen LogP contribution in [0.25, 0.3) is 0 Å². The molecule has 0 atom stereocenters. The van der Waals surface area contributed by atoms with Gasteiger partial charge in [-0.25, -0.2) is 9.97 Å². The van der Waals surface area contributed by atoms with Crippen molar-refractivity contribution >= 4 is 17.4 Å². The van der Waals surface area contributed by atoms with Crippen LogP contribution in [0.4, 0.5) is 5.82 Å². The fraction of sp³-hybridized carbons (Fsp3) is 0.714. The zero-order valence-corrected chi connectivity index (χ0v) is 13.6. The molecule has 0 unspecified atom stereocenters. The second-order valence-electron chi connectivity index (χ2n) is 4.49. The van der Waals surface area contributed by atoms with Crippen LogP contribution < -0.4 is 11.1 Å². The maximum absolute atomic E-state index is 5.76. The Bertz CT molecular complexity index is 385. The van der Waals surface area contributed by atoms with Crippen molar-refractivity contribution in [2.75, 3.05) is 58.0 Å². The third-order valence-corrected chi connectivity index (χ3v) is 2.85. The van der Waals surface area contributed by atoms with E-state index in [-0.39, 0.29) is 0 Å². The van der Waals surface area contributed by atoms with Crippen LogP contribution in [-0.2, 0) is 14.2 Å². The third kappa shape index (κ3) is 10.7. The molecule has 0 aliphatic heterocycles. The number of nitrogens with one attached hydrogen (secondary N) is 1. The van der Waals surface area contributed by atoms with E-state index >= 15 is 0 Å². The van der Waals surface area contributed by atoms with E-state index in [4.69, 9.17) is 31.5 Å². The predicted octanol–water partition coefficient (Wildman–Crippen LogP) is 1.33. The Morgan fingerprint density at radius 1 is 0.955 bits per heavy atom. The van der Waals surface area contributed by atoms with E-state index in [1.54, 1.807) is 6.07 Å². The van der Waals surface area contributed by atoms with Crippen LogP contribution in [0.5, 0.6) is 0 Å². The normalized spacial score (nSPS) is 10.8. The summed E-state index contributed by atoms with van der Waals surface area (Å²) in [4.78, 5) is 7.86. The topological polar surface area (TPSA) is 91.5 Å². The van der Waals surface area contributed by atoms with Crippen LogP contribution in [0.2, 0.25) is 5.15 Å². The van der Waals surface area contributed by atoms with Crippen LogP contribution in [0.1, 0.15) is 12.8 Å². The molecule has 0 aliphatic rings. The Hall–Kier alpha value is -0.990. The maximum Gasteiger partial charge on any atom is 0.134 e. The lowest BCUT2D eigenvalue weighted by molar-refractivity contribution is 0.0144. The van der Waals surface area contributed by atoms with Gasteiger partial charge in [-0.3, -0.25) is 0 Å². The van der Waals surface area contributed by atoms with Crippen molar-refractivity contribution in [2.24, 2.45) is 5.73 Å². The van der Waals surface area contributed by atoms with E-state index in [2.05, 4.69) is 15.3 Å². The number of rotatable bonds is 14. The largest absolute Gasteiger partial charge is 0.379 e. The van der Waals surface area contributed by atoms with E-state index < -0.39 is 0 Å². The van der Waals surface area contributed by atoms with E-state index in [1.807, 2.05) is 0 Å². The first-order chi connectivity index (χ1) is 10.8. The van der Waals surface area contributed by atoms with Crippen LogP contribution in [0.3, 0.4) is 0 Å². The SMILES string of the molecule is NCCCOCCOCCOCCCNc1cc(Cl)ncn1. The summed E-state index contributed by atoms with van der Waals surface area (Å²) < 4.78 is 16.1. The van der Waals surface area contributed by atoms with E-state index in [9.17, 15) is 0 Å². The highest BCUT2D eigenvalue weighted by molar-refractivity contribution is 6.29. The van der Waals surface area contributed by atoms with Gasteiger partial charge in [-0.2, -0.15) is 0 Å². The standard InChI is InChI=1S/C14H25ClN4O3/c15-13-11-14(19-12-18-13)17-4-2-6-21-8-10-22-9-7-20-5-1-3-16/h11-12H,1-10,16H2,(H,17,18,19). The van der Waals surface area contributed by atoms with Crippen LogP contribution in [0, 0.1) is 0 Å². The molecule has 1 aromatic heterocycles. The molecule has 126 valence electrons. The van der Waals surface area contributed by atoms with Gasteiger partial charge in [0, 0.05) is 25.8 Å². The molecule has 1 rings (SSSR count). The minimum absolute atomic E-state index is 0.429. The zero-order chi connectivity index (χ0) is 15.9. The molecular formula is C14H25ClN4O3. The molecule has 0 aliphatic carbocycles. The van der Waals surface area contributed by atoms with Gasteiger partial charge in [0.25, 0.3) is 0 Å². The van der Waals surface area contributed by atoms with E-state index in [0.29, 0.717) is 51.3 Å². The monoisotopic (exact) mass is 332 g/mol. The van der Waals surface area contributed by atoms with E-state index in [0.717, 1.165) is 25.2 Å². The van der Waals surface area contributed by atoms with Gasteiger partial charge < -0.3 is 25.3 Å². The Morgan fingerprint density at radius 2 is 1.59 bits per heavy atom. The summed E-state index contributed by atoms with van der Waals surface area (Å²) in [6.07, 6.45) is 3.19. The van der Waals surface area contributed by atoms with Gasteiger partial charge in [-0.05, 0) is 19.4 Å². The quantitative estimate of drug-likeness (QED) is 0.392. The summed E-state index contributed by atoms with van der Waals surface area (Å²) in [6, 6.07) is 1.69. The average molecular weight is 333 g/mol. The van der Waals surface area contributed by atoms with Gasteiger partial charge in [0.05, 0.1) is 26.4 Å². The van der Waals surface area contributed by atoms with Gasteiger partial charge >= 0.3 is 0 Å². The smallest absolute Gasteiger partial charge is 0.134 e. The van der Waals surface area contributed by atoms with Crippen molar-refractivity contribution in [1.82, 2.24) is 9.97 Å². The highest BCUT2D eigenvalue weighted by atomic mass is 35.5. The molecule has 0 aromatic carbocycles. The van der Waals surface area contributed by atoms with Crippen molar-refractivity contribution in [1.29, 1.82) is 0 Å². The molecule has 3 N–H and O–H groups in total. The minimum Gasteiger partial charge on any atom is -0.379 e. The summed E-state index contributed by atoms with van der Waals surface area (Å²) in [7, 11) is 0. The van der Waals surface area contributed by atoms with Crippen molar-refractivity contribution < 1.29 is 14.2 Å². The molecule has 1 aromatic rings. The highest BCUT2D eigenvalue weighted by Crippen LogP contribution is 2.08. The Kier molecular flexibility index (Phi) is 11.8. The van der Waals surface area contributed by atoms with Crippen molar-refractivity contribution in [3.05, 3.63) is 17.5 Å². The lowest BCUT2D eigenvalue weighted by atomic mass is 10.4. The summed E-state index contributed by atoms with van der Waals surface area (Å²) in [5.41, 5.74) is 5.35. The summed E-state index contributed by atoms with van der Waals surface area (Å²) in [5, 5.41) is 3.58. The fourth-order valence-corrected chi connectivity index (χ4v) is 1.70. The van der Waals surface area contributed by atoms with Gasteiger partial charge in [-0.1, -0.05) is 11.6 Å². The lowest BCUT2D eigenvalue weighted by Gasteiger charge is -2.07. The first-order valence-electron chi connectivity index (χ1n) is 7.47. The predicted molar refractivity (Wildman–Crippen MR) is 86.3 cm³/mol. The maximum atomic E-state index is 5.76. The lowest BCUT2D eigenvalue weighted by Crippen LogP contribution is -2.12. The summed E-state index contributed by atoms with van der Waals surface area (Å²) in [5.74, 6) is 0.720. The Labute approximate surface area is 136 Å². The van der Waals surface area contributed by atoms with Crippen molar-refractivity contribution in [3.8, 4) is 0 Å². The molecule has 0 radical (unpaired) electrons. The highest BCUT2D eigenvalue weighted by Gasteiger charge is 1.96. The number of hydrogen-bond acceptors (Lipinski definition) is 7. The number of aromatic nitrogens is 2. The van der Waals surface area contributed by atoms with Crippen LogP contribution in [0.15, 0.2) is 12.4 Å². The molecule has 1 heterocycles. The van der Waals surface area contributed by atoms with Gasteiger partial charge in [0.1, 0.15) is 17.3 Å². The number of halogens is 1. The molecular weight excluding hydrogens is 308 g/mol. The number of anilines is 1. The second kappa shape index (κ2) is 13.7. The van der Waals surface area contributed by atoms with Gasteiger partial charge in [0.15, 0.2) is 0 Å². The first-order valence-corrected chi connectivity index (χ1v) is 7.85. The molecule has 0 spiro atoms. The molecule has 0 fully saturated rings. The summed E-state index contributed by atoms with van der Waals surface area (Å²) >= 11 is 5.76. The summed E-state index contributed by atoms with van der Waals surface area (Å²) in [6.45, 7) is 5.15. The fourth-order valence-electron chi connectivity index (χ4n) is 1.55. The number of ether oxygens (including phenoxy) is 3. The van der Waals surface area contributed by atoms with Crippen molar-refractivity contribution in [3.63, 3.8) is 0 Å². The molecule has 8 heteroatoms. The van der Waals surface area contributed by atoms with Crippen LogP contribution in [-0.4, -0.2) is 62.7 Å². The van der Waals surface area contributed by atoms with Gasteiger partial charge in [0.2, 0.25) is 0 Å². The number of nitrogens with zero attached hydrogens (tertiary/aromatic N) is 2. The van der Waals surface area contributed by atoms with Gasteiger partial charge in [-0.15, -0.1) is 0 Å². The third-order valence-electron chi connectivity index (χ3n) is 2.64. The molecule has 7 nitrogen and oxygen atoms in total. The zero-order valence-electron chi connectivity index (χ0n) is 12.8. The molecule has 0 bridgehead atoms. The number of hydrogen-bond donors (Lipinski definition) is 2. The molecule has 0 saturated carbocycles. The number of nitrogens with two attached hydrogens (primary N) is 1. The van der Waals surface area contributed by atoms with E-state index in [1.165, 1.54) is 6.33 Å². The Morgan fingerprint density at radius 3 is 2.23 bits per heavy atom. The first kappa shape index (κ1) is 19.1. The minimum atomic E-state index is 0.429. The van der Waals surface area contributed by atoms with Crippen LogP contribution >= 0.6 is 11.6 Å². The second-order valence-corrected chi connectivity index (χ2v) is 4.87. The van der Waals surface area contributed by atoms with Crippen molar-refractivity contribution in [2.45, 2.75) is 12.8 Å². The molecule has 0 saturated heterocycles. The molecule has 22 heavy (non-hydrogen) atoms. The molecule has 0 amide bonds.